The molecule has 1 aliphatic carbocycles. The van der Waals surface area contributed by atoms with E-state index >= 15 is 0 Å². The zero-order chi connectivity index (χ0) is 13.1. The molecule has 3 rings (SSSR count). The molecule has 0 bridgehead atoms. The van der Waals surface area contributed by atoms with Crippen LogP contribution >= 0.6 is 0 Å². The summed E-state index contributed by atoms with van der Waals surface area (Å²) in [6.45, 7) is 5.90. The summed E-state index contributed by atoms with van der Waals surface area (Å²) in [5.41, 5.74) is 0.639. The lowest BCUT2D eigenvalue weighted by atomic mass is 9.90. The third-order valence-corrected chi connectivity index (χ3v) is 4.33. The predicted octanol–water partition coefficient (Wildman–Crippen LogP) is 3.49. The molecule has 1 unspecified atom stereocenters. The smallest absolute Gasteiger partial charge is 0.317 e. The molecule has 18 heavy (non-hydrogen) atoms. The molecule has 94 valence electrons. The first-order valence-electron chi connectivity index (χ1n) is 6.12. The van der Waals surface area contributed by atoms with Crippen molar-refractivity contribution in [2.45, 2.75) is 32.6 Å². The normalized spacial score (nSPS) is 25.3. The molecule has 2 aromatic rings. The molecule has 1 aliphatic rings. The fraction of sp³-hybridized carbons (Fsp3) is 0.400. The molecular weight excluding hydrogens is 228 g/mol. The highest BCUT2D eigenvalue weighted by atomic mass is 16.4. The second kappa shape index (κ2) is 3.16. The third-order valence-electron chi connectivity index (χ3n) is 4.33. The number of furan rings is 1. The van der Waals surface area contributed by atoms with Crippen LogP contribution in [0.5, 0.6) is 0 Å². The minimum atomic E-state index is -0.851. The number of hydrogen-bond acceptors (Lipinski definition) is 2. The highest BCUT2D eigenvalue weighted by Gasteiger charge is 2.70. The van der Waals surface area contributed by atoms with Gasteiger partial charge in [0.25, 0.3) is 0 Å². The summed E-state index contributed by atoms with van der Waals surface area (Å²) in [4.78, 5) is 11.7. The van der Waals surface area contributed by atoms with Gasteiger partial charge in [0.1, 0.15) is 16.8 Å². The van der Waals surface area contributed by atoms with Crippen LogP contribution in [0.1, 0.15) is 31.6 Å². The van der Waals surface area contributed by atoms with E-state index in [1.165, 1.54) is 0 Å². The summed E-state index contributed by atoms with van der Waals surface area (Å²) in [7, 11) is 0. The lowest BCUT2D eigenvalue weighted by molar-refractivity contribution is -0.141. The first-order valence-corrected chi connectivity index (χ1v) is 6.12. The Morgan fingerprint density at radius 3 is 2.44 bits per heavy atom. The number of carbonyl (C=O) groups is 1. The Kier molecular flexibility index (Phi) is 1.99. The molecule has 0 amide bonds. The number of rotatable bonds is 2. The summed E-state index contributed by atoms with van der Waals surface area (Å²) >= 11 is 0. The molecule has 1 N–H and O–H groups in total. The minimum absolute atomic E-state index is 0.239. The molecule has 1 fully saturated rings. The van der Waals surface area contributed by atoms with Crippen molar-refractivity contribution in [2.24, 2.45) is 5.41 Å². The van der Waals surface area contributed by atoms with Crippen LogP contribution in [0.25, 0.3) is 11.0 Å². The lowest BCUT2D eigenvalue weighted by Gasteiger charge is -2.13. The number of carboxylic acids is 1. The zero-order valence-corrected chi connectivity index (χ0v) is 10.8. The van der Waals surface area contributed by atoms with Crippen LogP contribution in [0.3, 0.4) is 0 Å². The van der Waals surface area contributed by atoms with Gasteiger partial charge in [-0.2, -0.15) is 0 Å². The highest BCUT2D eigenvalue weighted by Crippen LogP contribution is 2.65. The van der Waals surface area contributed by atoms with Gasteiger partial charge >= 0.3 is 5.97 Å². The van der Waals surface area contributed by atoms with Gasteiger partial charge in [0.05, 0.1) is 0 Å². The molecule has 1 atom stereocenters. The summed E-state index contributed by atoms with van der Waals surface area (Å²) in [5.74, 6) is -0.157. The van der Waals surface area contributed by atoms with E-state index in [4.69, 9.17) is 4.42 Å². The van der Waals surface area contributed by atoms with Gasteiger partial charge in [-0.3, -0.25) is 4.79 Å². The maximum Gasteiger partial charge on any atom is 0.317 e. The monoisotopic (exact) mass is 244 g/mol. The van der Waals surface area contributed by atoms with E-state index in [1.54, 1.807) is 0 Å². The topological polar surface area (TPSA) is 50.4 Å². The molecule has 0 spiro atoms. The van der Waals surface area contributed by atoms with Gasteiger partial charge in [0.15, 0.2) is 0 Å². The average Bonchev–Trinajstić information content (AvgIpc) is 2.74. The SMILES string of the molecule is Cc1c(C2(C(=O)O)CC2(C)C)oc2ccccc12. The van der Waals surface area contributed by atoms with E-state index in [0.717, 1.165) is 16.5 Å². The van der Waals surface area contributed by atoms with E-state index in [2.05, 4.69) is 0 Å². The van der Waals surface area contributed by atoms with Crippen molar-refractivity contribution in [2.75, 3.05) is 0 Å². The maximum absolute atomic E-state index is 11.7. The number of benzene rings is 1. The second-order valence-electron chi connectivity index (χ2n) is 5.82. The molecule has 3 heteroatoms. The Morgan fingerprint density at radius 2 is 1.94 bits per heavy atom. The Bertz CT molecular complexity index is 651. The first kappa shape index (κ1) is 11.3. The fourth-order valence-electron chi connectivity index (χ4n) is 3.05. The third kappa shape index (κ3) is 1.17. The quantitative estimate of drug-likeness (QED) is 0.879. The van der Waals surface area contributed by atoms with Gasteiger partial charge in [-0.15, -0.1) is 0 Å². The van der Waals surface area contributed by atoms with Gasteiger partial charge < -0.3 is 9.52 Å². The van der Waals surface area contributed by atoms with Gasteiger partial charge in [-0.25, -0.2) is 0 Å². The Balaban J connectivity index is 2.27. The van der Waals surface area contributed by atoms with Crippen LogP contribution in [0.2, 0.25) is 0 Å². The molecule has 0 saturated heterocycles. The standard InChI is InChI=1S/C15H16O3/c1-9-10-6-4-5-7-11(10)18-12(9)15(13(16)17)8-14(15,2)3/h4-7H,8H2,1-3H3,(H,16,17). The Hall–Kier alpha value is -1.77. The summed E-state index contributed by atoms with van der Waals surface area (Å²) < 4.78 is 5.84. The zero-order valence-electron chi connectivity index (χ0n) is 10.8. The van der Waals surface area contributed by atoms with Crippen molar-refractivity contribution in [3.63, 3.8) is 0 Å². The molecule has 1 saturated carbocycles. The Labute approximate surface area is 105 Å². The van der Waals surface area contributed by atoms with Crippen molar-refractivity contribution in [3.05, 3.63) is 35.6 Å². The number of fused-ring (bicyclic) bond motifs is 1. The van der Waals surface area contributed by atoms with Gasteiger partial charge in [-0.1, -0.05) is 32.0 Å². The summed E-state index contributed by atoms with van der Waals surface area (Å²) in [6, 6.07) is 7.71. The van der Waals surface area contributed by atoms with Crippen molar-refractivity contribution in [1.82, 2.24) is 0 Å². The van der Waals surface area contributed by atoms with Crippen LogP contribution in [0.15, 0.2) is 28.7 Å². The number of aryl methyl sites for hydroxylation is 1. The van der Waals surface area contributed by atoms with Crippen molar-refractivity contribution < 1.29 is 14.3 Å². The van der Waals surface area contributed by atoms with Crippen LogP contribution in [0, 0.1) is 12.3 Å². The fourth-order valence-corrected chi connectivity index (χ4v) is 3.05. The van der Waals surface area contributed by atoms with Crippen molar-refractivity contribution in [3.8, 4) is 0 Å². The number of para-hydroxylation sites is 1. The molecule has 0 radical (unpaired) electrons. The van der Waals surface area contributed by atoms with E-state index in [-0.39, 0.29) is 5.41 Å². The van der Waals surface area contributed by atoms with Gasteiger partial charge in [-0.05, 0) is 30.4 Å². The Morgan fingerprint density at radius 1 is 1.33 bits per heavy atom. The summed E-state index contributed by atoms with van der Waals surface area (Å²) in [5, 5.41) is 10.6. The number of hydrogen-bond donors (Lipinski definition) is 1. The molecule has 1 heterocycles. The van der Waals surface area contributed by atoms with Crippen molar-refractivity contribution >= 4 is 16.9 Å². The maximum atomic E-state index is 11.7. The first-order chi connectivity index (χ1) is 8.40. The van der Waals surface area contributed by atoms with Crippen molar-refractivity contribution in [1.29, 1.82) is 0 Å². The average molecular weight is 244 g/mol. The van der Waals surface area contributed by atoms with E-state index in [1.807, 2.05) is 45.0 Å². The van der Waals surface area contributed by atoms with Crippen LogP contribution in [-0.4, -0.2) is 11.1 Å². The van der Waals surface area contributed by atoms with E-state index in [0.29, 0.717) is 12.2 Å². The second-order valence-corrected chi connectivity index (χ2v) is 5.82. The molecule has 3 nitrogen and oxygen atoms in total. The van der Waals surface area contributed by atoms with Crippen LogP contribution in [-0.2, 0) is 10.2 Å². The largest absolute Gasteiger partial charge is 0.480 e. The minimum Gasteiger partial charge on any atom is -0.480 e. The highest BCUT2D eigenvalue weighted by molar-refractivity contribution is 5.91. The predicted molar refractivity (Wildman–Crippen MR) is 68.7 cm³/mol. The molecule has 1 aromatic heterocycles. The van der Waals surface area contributed by atoms with E-state index in [9.17, 15) is 9.90 Å². The molecular formula is C15H16O3. The molecule has 1 aromatic carbocycles. The summed E-state index contributed by atoms with van der Waals surface area (Å²) in [6.07, 6.45) is 0.635. The van der Waals surface area contributed by atoms with Gasteiger partial charge in [0, 0.05) is 5.39 Å². The number of carboxylic acid groups (broad SMARTS) is 1. The number of aliphatic carboxylic acids is 1. The van der Waals surface area contributed by atoms with Gasteiger partial charge in [0.2, 0.25) is 0 Å². The van der Waals surface area contributed by atoms with E-state index < -0.39 is 11.4 Å². The molecule has 0 aliphatic heterocycles. The van der Waals surface area contributed by atoms with Crippen LogP contribution < -0.4 is 0 Å². The van der Waals surface area contributed by atoms with Crippen LogP contribution in [0.4, 0.5) is 0 Å². The lowest BCUT2D eigenvalue weighted by Crippen LogP contribution is -2.25.